The highest BCUT2D eigenvalue weighted by molar-refractivity contribution is 5.90. The Morgan fingerprint density at radius 1 is 1.33 bits per heavy atom. The van der Waals surface area contributed by atoms with Gasteiger partial charge in [0.2, 0.25) is 0 Å². The van der Waals surface area contributed by atoms with Gasteiger partial charge in [-0.05, 0) is 30.5 Å². The second-order valence-corrected chi connectivity index (χ2v) is 7.35. The number of halogens is 1. The third kappa shape index (κ3) is 3.47. The first-order valence-corrected chi connectivity index (χ1v) is 9.15. The van der Waals surface area contributed by atoms with E-state index in [2.05, 4.69) is 19.9 Å². The number of primary amides is 1. The van der Waals surface area contributed by atoms with Crippen LogP contribution in [0.3, 0.4) is 0 Å². The minimum Gasteiger partial charge on any atom is -0.373 e. The van der Waals surface area contributed by atoms with Crippen LogP contribution in [0, 0.1) is 11.8 Å². The van der Waals surface area contributed by atoms with E-state index in [1.54, 1.807) is 19.5 Å². The van der Waals surface area contributed by atoms with Crippen LogP contribution in [0.25, 0.3) is 0 Å². The van der Waals surface area contributed by atoms with Crippen molar-refractivity contribution in [2.45, 2.75) is 31.4 Å². The first-order valence-electron chi connectivity index (χ1n) is 9.15. The van der Waals surface area contributed by atoms with Gasteiger partial charge in [-0.25, -0.2) is 4.98 Å². The lowest BCUT2D eigenvalue weighted by molar-refractivity contribution is -0.170. The fourth-order valence-corrected chi connectivity index (χ4v) is 4.98. The van der Waals surface area contributed by atoms with Gasteiger partial charge in [0.05, 0.1) is 6.54 Å². The minimum atomic E-state index is -0.501. The fraction of sp³-hybridized carbons (Fsp3) is 0.526. The Balaban J connectivity index is 0.00000210. The number of methoxy groups -OCH3 is 1. The summed E-state index contributed by atoms with van der Waals surface area (Å²) >= 11 is 0. The number of hydrogen-bond donors (Lipinski definition) is 2. The lowest BCUT2D eigenvalue weighted by Gasteiger charge is -2.55. The molecule has 1 saturated carbocycles. The van der Waals surface area contributed by atoms with Gasteiger partial charge < -0.3 is 15.5 Å². The second kappa shape index (κ2) is 7.96. The number of ether oxygens (including phenoxy) is 1. The van der Waals surface area contributed by atoms with Gasteiger partial charge in [-0.1, -0.05) is 6.42 Å². The summed E-state index contributed by atoms with van der Waals surface area (Å²) in [7, 11) is 1.79. The Morgan fingerprint density at radius 2 is 2.07 bits per heavy atom. The van der Waals surface area contributed by atoms with Gasteiger partial charge in [-0.3, -0.25) is 14.7 Å². The number of aromatic nitrogens is 3. The molecular weight excluding hydrogens is 366 g/mol. The van der Waals surface area contributed by atoms with Crippen molar-refractivity contribution >= 4 is 18.3 Å². The molecule has 1 aliphatic heterocycles. The first-order chi connectivity index (χ1) is 12.6. The maximum absolute atomic E-state index is 11.6. The van der Waals surface area contributed by atoms with Crippen LogP contribution in [-0.2, 0) is 16.9 Å². The summed E-state index contributed by atoms with van der Waals surface area (Å²) in [6.07, 6.45) is 8.74. The predicted octanol–water partition coefficient (Wildman–Crippen LogP) is 2.10. The zero-order valence-electron chi connectivity index (χ0n) is 15.4. The molecule has 1 unspecified atom stereocenters. The molecule has 2 bridgehead atoms. The molecule has 3 N–H and O–H groups in total. The number of pyridine rings is 1. The summed E-state index contributed by atoms with van der Waals surface area (Å²) in [6, 6.07) is 3.79. The number of fused-ring (bicyclic) bond motifs is 2. The van der Waals surface area contributed by atoms with Gasteiger partial charge in [-0.2, -0.15) is 0 Å². The van der Waals surface area contributed by atoms with Crippen LogP contribution in [0.5, 0.6) is 0 Å². The van der Waals surface area contributed by atoms with Crippen LogP contribution in [0.2, 0.25) is 0 Å². The highest BCUT2D eigenvalue weighted by atomic mass is 35.5. The van der Waals surface area contributed by atoms with Crippen LogP contribution in [0.4, 0.5) is 0 Å². The van der Waals surface area contributed by atoms with Gasteiger partial charge >= 0.3 is 0 Å². The first kappa shape index (κ1) is 19.8. The van der Waals surface area contributed by atoms with E-state index >= 15 is 0 Å². The molecule has 3 heterocycles. The summed E-state index contributed by atoms with van der Waals surface area (Å²) < 4.78 is 6.22. The summed E-state index contributed by atoms with van der Waals surface area (Å²) in [5.74, 6) is 1.21. The highest BCUT2D eigenvalue weighted by Gasteiger charge is 2.53. The Hall–Kier alpha value is -1.96. The molecule has 3 atom stereocenters. The Kier molecular flexibility index (Phi) is 5.83. The van der Waals surface area contributed by atoms with E-state index in [-0.39, 0.29) is 18.0 Å². The summed E-state index contributed by atoms with van der Waals surface area (Å²) in [4.78, 5) is 25.7. The third-order valence-corrected chi connectivity index (χ3v) is 6.00. The van der Waals surface area contributed by atoms with Crippen molar-refractivity contribution in [3.8, 4) is 0 Å². The molecule has 1 amide bonds. The Bertz CT molecular complexity index is 768. The molecule has 2 aromatic rings. The Morgan fingerprint density at radius 3 is 2.67 bits per heavy atom. The number of hydrogen-bond acceptors (Lipinski definition) is 5. The van der Waals surface area contributed by atoms with Gasteiger partial charge in [0.25, 0.3) is 5.91 Å². The number of carbonyl (C=O) groups excluding carboxylic acids is 1. The average molecular weight is 392 g/mol. The molecule has 4 rings (SSSR count). The number of likely N-dealkylation sites (tertiary alicyclic amines) is 1. The molecule has 1 saturated heterocycles. The van der Waals surface area contributed by atoms with Crippen LogP contribution >= 0.6 is 12.4 Å². The van der Waals surface area contributed by atoms with E-state index in [1.165, 1.54) is 6.42 Å². The number of H-pyrrole nitrogens is 1. The second-order valence-electron chi connectivity index (χ2n) is 7.35. The van der Waals surface area contributed by atoms with Crippen molar-refractivity contribution in [1.29, 1.82) is 0 Å². The van der Waals surface area contributed by atoms with E-state index in [0.717, 1.165) is 43.9 Å². The minimum absolute atomic E-state index is 0. The maximum atomic E-state index is 11.6. The molecule has 146 valence electrons. The SMILES string of the molecule is COC1(c2ccnc(C(N)=O)c2)[C@@H]2CCC[C@H]1CN(Cc1ncc[nH]1)C2.Cl. The molecule has 0 spiro atoms. The van der Waals surface area contributed by atoms with Crippen LogP contribution in [0.15, 0.2) is 30.7 Å². The maximum Gasteiger partial charge on any atom is 0.267 e. The monoisotopic (exact) mass is 391 g/mol. The number of aromatic amines is 1. The van der Waals surface area contributed by atoms with Crippen molar-refractivity contribution in [2.75, 3.05) is 20.2 Å². The van der Waals surface area contributed by atoms with Gasteiger partial charge in [0, 0.05) is 50.6 Å². The molecule has 2 fully saturated rings. The van der Waals surface area contributed by atoms with Gasteiger partial charge in [-0.15, -0.1) is 12.4 Å². The van der Waals surface area contributed by atoms with Crippen LogP contribution in [0.1, 0.15) is 41.1 Å². The molecule has 27 heavy (non-hydrogen) atoms. The van der Waals surface area contributed by atoms with E-state index in [9.17, 15) is 4.79 Å². The molecule has 0 radical (unpaired) electrons. The van der Waals surface area contributed by atoms with Crippen molar-refractivity contribution in [3.63, 3.8) is 0 Å². The summed E-state index contributed by atoms with van der Waals surface area (Å²) in [5.41, 5.74) is 6.39. The molecular formula is C19H26ClN5O2. The normalized spacial score (nSPS) is 27.7. The molecule has 1 aliphatic carbocycles. The topological polar surface area (TPSA) is 97.1 Å². The van der Waals surface area contributed by atoms with Crippen molar-refractivity contribution in [2.24, 2.45) is 17.6 Å². The molecule has 7 nitrogen and oxygen atoms in total. The smallest absolute Gasteiger partial charge is 0.267 e. The number of amides is 1. The summed E-state index contributed by atoms with van der Waals surface area (Å²) in [5, 5.41) is 0. The lowest BCUT2D eigenvalue weighted by Crippen LogP contribution is -2.58. The highest BCUT2D eigenvalue weighted by Crippen LogP contribution is 2.51. The number of nitrogens with zero attached hydrogens (tertiary/aromatic N) is 3. The quantitative estimate of drug-likeness (QED) is 0.813. The number of nitrogens with two attached hydrogens (primary N) is 1. The van der Waals surface area contributed by atoms with Crippen molar-refractivity contribution in [3.05, 3.63) is 47.8 Å². The number of nitrogens with one attached hydrogen (secondary N) is 1. The van der Waals surface area contributed by atoms with E-state index in [0.29, 0.717) is 17.5 Å². The van der Waals surface area contributed by atoms with Crippen LogP contribution < -0.4 is 5.73 Å². The molecule has 8 heteroatoms. The average Bonchev–Trinajstić information content (AvgIpc) is 3.14. The van der Waals surface area contributed by atoms with Gasteiger partial charge in [0.15, 0.2) is 0 Å². The van der Waals surface area contributed by atoms with Gasteiger partial charge in [0.1, 0.15) is 17.1 Å². The van der Waals surface area contributed by atoms with Crippen molar-refractivity contribution in [1.82, 2.24) is 19.9 Å². The number of rotatable bonds is 5. The standard InChI is InChI=1S/C19H25N5O2.ClH/c1-26-19(13-5-6-21-16(9-13)18(20)25)14-3-2-4-15(19)11-24(10-14)12-17-22-7-8-23-17;/h5-9,14-15H,2-4,10-12H2,1H3,(H2,20,25)(H,22,23);1H/t14-,15+,19?;. The van der Waals surface area contributed by atoms with E-state index in [4.69, 9.17) is 10.5 Å². The zero-order valence-corrected chi connectivity index (χ0v) is 16.2. The molecule has 2 aliphatic rings. The fourth-order valence-electron chi connectivity index (χ4n) is 4.98. The Labute approximate surface area is 165 Å². The zero-order chi connectivity index (χ0) is 18.1. The van der Waals surface area contributed by atoms with Crippen LogP contribution in [-0.4, -0.2) is 46.0 Å². The number of piperidine rings is 1. The third-order valence-electron chi connectivity index (χ3n) is 6.00. The van der Waals surface area contributed by atoms with E-state index in [1.807, 2.05) is 18.3 Å². The molecule has 0 aromatic carbocycles. The molecule has 2 aromatic heterocycles. The predicted molar refractivity (Wildman–Crippen MR) is 103 cm³/mol. The largest absolute Gasteiger partial charge is 0.373 e. The van der Waals surface area contributed by atoms with E-state index < -0.39 is 5.91 Å². The van der Waals surface area contributed by atoms with Crippen molar-refractivity contribution < 1.29 is 9.53 Å². The summed E-state index contributed by atoms with van der Waals surface area (Å²) in [6.45, 7) is 2.71. The number of carbonyl (C=O) groups is 1. The number of imidazole rings is 1. The lowest BCUT2D eigenvalue weighted by atomic mass is 9.62.